The van der Waals surface area contributed by atoms with Crippen LogP contribution in [-0.4, -0.2) is 44.8 Å². The molecule has 0 bridgehead atoms. The first kappa shape index (κ1) is 15.5. The second-order valence-electron chi connectivity index (χ2n) is 3.80. The predicted octanol–water partition coefficient (Wildman–Crippen LogP) is 0.574. The SMILES string of the molecule is CNCCN(C)S(=O)(=O)c1ccc(F)cc1[N+](=O)[O-]. The number of likely N-dealkylation sites (N-methyl/N-ethyl adjacent to an activating group) is 2. The lowest BCUT2D eigenvalue weighted by Crippen LogP contribution is -2.33. The highest BCUT2D eigenvalue weighted by Crippen LogP contribution is 2.26. The summed E-state index contributed by atoms with van der Waals surface area (Å²) in [5.74, 6) is -0.858. The van der Waals surface area contributed by atoms with Crippen LogP contribution in [0.5, 0.6) is 0 Å². The molecule has 0 spiro atoms. The second kappa shape index (κ2) is 6.04. The number of rotatable bonds is 6. The van der Waals surface area contributed by atoms with E-state index in [0.29, 0.717) is 12.6 Å². The van der Waals surface area contributed by atoms with Gasteiger partial charge >= 0.3 is 0 Å². The van der Waals surface area contributed by atoms with Crippen LogP contribution in [0, 0.1) is 15.9 Å². The van der Waals surface area contributed by atoms with Crippen molar-refractivity contribution in [2.75, 3.05) is 27.2 Å². The van der Waals surface area contributed by atoms with Crippen LogP contribution >= 0.6 is 0 Å². The molecular weight excluding hydrogens is 277 g/mol. The molecule has 1 aromatic carbocycles. The topological polar surface area (TPSA) is 92.6 Å². The molecule has 0 aliphatic rings. The number of hydrogen-bond donors (Lipinski definition) is 1. The average molecular weight is 291 g/mol. The van der Waals surface area contributed by atoms with Crippen LogP contribution in [-0.2, 0) is 10.0 Å². The third-order valence-electron chi connectivity index (χ3n) is 2.48. The summed E-state index contributed by atoms with van der Waals surface area (Å²) >= 11 is 0. The third kappa shape index (κ3) is 3.46. The standard InChI is InChI=1S/C10H14FN3O4S/c1-12-5-6-13(2)19(17,18)10-4-3-8(11)7-9(10)14(15)16/h3-4,7,12H,5-6H2,1-2H3. The second-order valence-corrected chi connectivity index (χ2v) is 5.81. The molecule has 0 amide bonds. The van der Waals surface area contributed by atoms with E-state index in [9.17, 15) is 22.9 Å². The van der Waals surface area contributed by atoms with Gasteiger partial charge in [0.25, 0.3) is 5.69 Å². The van der Waals surface area contributed by atoms with Gasteiger partial charge in [-0.2, -0.15) is 4.31 Å². The minimum atomic E-state index is -4.02. The Hall–Kier alpha value is -1.58. The van der Waals surface area contributed by atoms with E-state index in [1.807, 2.05) is 0 Å². The van der Waals surface area contributed by atoms with Crippen molar-refractivity contribution in [3.8, 4) is 0 Å². The molecule has 0 saturated heterocycles. The van der Waals surface area contributed by atoms with E-state index in [4.69, 9.17) is 0 Å². The van der Waals surface area contributed by atoms with Gasteiger partial charge in [-0.3, -0.25) is 10.1 Å². The highest BCUT2D eigenvalue weighted by atomic mass is 32.2. The number of halogens is 1. The fourth-order valence-corrected chi connectivity index (χ4v) is 2.71. The Morgan fingerprint density at radius 3 is 2.63 bits per heavy atom. The molecule has 0 saturated carbocycles. The highest BCUT2D eigenvalue weighted by Gasteiger charge is 2.29. The van der Waals surface area contributed by atoms with Gasteiger partial charge in [-0.1, -0.05) is 0 Å². The fourth-order valence-electron chi connectivity index (χ4n) is 1.41. The van der Waals surface area contributed by atoms with Crippen LogP contribution in [0.3, 0.4) is 0 Å². The molecule has 0 aliphatic carbocycles. The molecule has 19 heavy (non-hydrogen) atoms. The molecule has 0 unspecified atom stereocenters. The number of hydrogen-bond acceptors (Lipinski definition) is 5. The first-order valence-corrected chi connectivity index (χ1v) is 6.79. The first-order valence-electron chi connectivity index (χ1n) is 5.35. The quantitative estimate of drug-likeness (QED) is 0.611. The van der Waals surface area contributed by atoms with Crippen LogP contribution in [0.1, 0.15) is 0 Å². The van der Waals surface area contributed by atoms with E-state index < -0.39 is 31.3 Å². The Morgan fingerprint density at radius 2 is 2.11 bits per heavy atom. The van der Waals surface area contributed by atoms with Crippen LogP contribution in [0.4, 0.5) is 10.1 Å². The van der Waals surface area contributed by atoms with Crippen LogP contribution in [0.15, 0.2) is 23.1 Å². The monoisotopic (exact) mass is 291 g/mol. The minimum absolute atomic E-state index is 0.146. The molecule has 1 N–H and O–H groups in total. The number of sulfonamides is 1. The van der Waals surface area contributed by atoms with Crippen LogP contribution < -0.4 is 5.32 Å². The first-order chi connectivity index (χ1) is 8.80. The highest BCUT2D eigenvalue weighted by molar-refractivity contribution is 7.89. The average Bonchev–Trinajstić information content (AvgIpc) is 2.35. The summed E-state index contributed by atoms with van der Waals surface area (Å²) in [6, 6.07) is 2.38. The molecule has 0 aromatic heterocycles. The summed E-state index contributed by atoms with van der Waals surface area (Å²) in [6.45, 7) is 0.540. The number of nitrogens with one attached hydrogen (secondary N) is 1. The maximum absolute atomic E-state index is 13.0. The van der Waals surface area contributed by atoms with E-state index in [1.54, 1.807) is 7.05 Å². The van der Waals surface area contributed by atoms with E-state index >= 15 is 0 Å². The van der Waals surface area contributed by atoms with Gasteiger partial charge in [0.1, 0.15) is 5.82 Å². The summed E-state index contributed by atoms with van der Waals surface area (Å²) < 4.78 is 38.2. The van der Waals surface area contributed by atoms with Crippen molar-refractivity contribution in [3.05, 3.63) is 34.1 Å². The fraction of sp³-hybridized carbons (Fsp3) is 0.400. The van der Waals surface area contributed by atoms with Crippen molar-refractivity contribution in [1.29, 1.82) is 0 Å². The number of nitrogens with zero attached hydrogens (tertiary/aromatic N) is 2. The Labute approximate surface area is 110 Å². The summed E-state index contributed by atoms with van der Waals surface area (Å²) in [7, 11) is -1.06. The molecule has 1 aromatic rings. The number of benzene rings is 1. The zero-order valence-electron chi connectivity index (χ0n) is 10.5. The van der Waals surface area contributed by atoms with Crippen LogP contribution in [0.2, 0.25) is 0 Å². The van der Waals surface area contributed by atoms with Crippen molar-refractivity contribution in [1.82, 2.24) is 9.62 Å². The molecule has 1 rings (SSSR count). The molecule has 0 aliphatic heterocycles. The number of nitro benzene ring substituents is 1. The molecular formula is C10H14FN3O4S. The smallest absolute Gasteiger partial charge is 0.292 e. The van der Waals surface area contributed by atoms with Crippen LogP contribution in [0.25, 0.3) is 0 Å². The van der Waals surface area contributed by atoms with Crippen molar-refractivity contribution >= 4 is 15.7 Å². The lowest BCUT2D eigenvalue weighted by atomic mass is 10.3. The normalized spacial score (nSPS) is 11.8. The third-order valence-corrected chi connectivity index (χ3v) is 4.39. The molecule has 7 nitrogen and oxygen atoms in total. The van der Waals surface area contributed by atoms with E-state index in [1.165, 1.54) is 7.05 Å². The summed E-state index contributed by atoms with van der Waals surface area (Å²) in [4.78, 5) is 9.37. The Morgan fingerprint density at radius 1 is 1.47 bits per heavy atom. The van der Waals surface area contributed by atoms with Gasteiger partial charge in [0.05, 0.1) is 11.0 Å². The van der Waals surface area contributed by atoms with Crippen molar-refractivity contribution in [3.63, 3.8) is 0 Å². The summed E-state index contributed by atoms with van der Waals surface area (Å²) in [5, 5.41) is 13.6. The van der Waals surface area contributed by atoms with Gasteiger partial charge < -0.3 is 5.32 Å². The summed E-state index contributed by atoms with van der Waals surface area (Å²) in [6.07, 6.45) is 0. The molecule has 0 radical (unpaired) electrons. The minimum Gasteiger partial charge on any atom is -0.318 e. The summed E-state index contributed by atoms with van der Waals surface area (Å²) in [5.41, 5.74) is -0.767. The van der Waals surface area contributed by atoms with Gasteiger partial charge in [-0.15, -0.1) is 0 Å². The molecule has 106 valence electrons. The maximum Gasteiger partial charge on any atom is 0.292 e. The zero-order chi connectivity index (χ0) is 14.6. The van der Waals surface area contributed by atoms with Gasteiger partial charge in [-0.05, 0) is 19.2 Å². The van der Waals surface area contributed by atoms with Crippen molar-refractivity contribution in [2.24, 2.45) is 0 Å². The molecule has 0 atom stereocenters. The molecule has 9 heteroatoms. The zero-order valence-corrected chi connectivity index (χ0v) is 11.3. The van der Waals surface area contributed by atoms with Crippen molar-refractivity contribution in [2.45, 2.75) is 4.90 Å². The van der Waals surface area contributed by atoms with Gasteiger partial charge in [-0.25, -0.2) is 12.8 Å². The Balaban J connectivity index is 3.25. The van der Waals surface area contributed by atoms with Gasteiger partial charge in [0, 0.05) is 20.1 Å². The van der Waals surface area contributed by atoms with E-state index in [0.717, 1.165) is 16.4 Å². The lowest BCUT2D eigenvalue weighted by molar-refractivity contribution is -0.388. The lowest BCUT2D eigenvalue weighted by Gasteiger charge is -2.16. The Bertz CT molecular complexity index is 576. The van der Waals surface area contributed by atoms with Gasteiger partial charge in [0.15, 0.2) is 4.90 Å². The largest absolute Gasteiger partial charge is 0.318 e. The van der Waals surface area contributed by atoms with Gasteiger partial charge in [0.2, 0.25) is 10.0 Å². The Kier molecular flexibility index (Phi) is 4.92. The molecule has 0 fully saturated rings. The number of nitro groups is 1. The predicted molar refractivity (Wildman–Crippen MR) is 66.8 cm³/mol. The maximum atomic E-state index is 13.0. The van der Waals surface area contributed by atoms with E-state index in [-0.39, 0.29) is 6.54 Å². The van der Waals surface area contributed by atoms with E-state index in [2.05, 4.69) is 5.32 Å². The molecule has 0 heterocycles. The van der Waals surface area contributed by atoms with Crippen molar-refractivity contribution < 1.29 is 17.7 Å².